The number of hydrogen-bond acceptors (Lipinski definition) is 7. The third-order valence-electron chi connectivity index (χ3n) is 6.31. The predicted octanol–water partition coefficient (Wildman–Crippen LogP) is 4.30. The van der Waals surface area contributed by atoms with Gasteiger partial charge in [0.15, 0.2) is 17.5 Å². The fourth-order valence-corrected chi connectivity index (χ4v) is 4.75. The number of ether oxygens (including phenoxy) is 2. The molecule has 1 amide bonds. The molecule has 0 bridgehead atoms. The normalized spacial score (nSPS) is 22.6. The summed E-state index contributed by atoms with van der Waals surface area (Å²) in [5.41, 5.74) is 1.35. The van der Waals surface area contributed by atoms with E-state index in [2.05, 4.69) is 30.6 Å². The molecule has 3 unspecified atom stereocenters. The quantitative estimate of drug-likeness (QED) is 0.474. The number of aromatic amines is 1. The van der Waals surface area contributed by atoms with Crippen molar-refractivity contribution in [2.24, 2.45) is 5.92 Å². The maximum atomic E-state index is 14.5. The second-order valence-corrected chi connectivity index (χ2v) is 9.22. The Morgan fingerprint density at radius 1 is 1.29 bits per heavy atom. The van der Waals surface area contributed by atoms with Crippen LogP contribution >= 0.6 is 11.6 Å². The van der Waals surface area contributed by atoms with E-state index >= 15 is 0 Å². The Kier molecular flexibility index (Phi) is 6.77. The van der Waals surface area contributed by atoms with Gasteiger partial charge in [-0.25, -0.2) is 24.1 Å². The smallest absolute Gasteiger partial charge is 0.407 e. The van der Waals surface area contributed by atoms with E-state index in [1.807, 2.05) is 0 Å². The van der Waals surface area contributed by atoms with Crippen molar-refractivity contribution in [1.29, 1.82) is 0 Å². The van der Waals surface area contributed by atoms with Crippen molar-refractivity contribution in [2.75, 3.05) is 25.1 Å². The van der Waals surface area contributed by atoms with Gasteiger partial charge in [0.1, 0.15) is 11.8 Å². The van der Waals surface area contributed by atoms with Crippen molar-refractivity contribution in [2.45, 2.75) is 44.2 Å². The number of aromatic nitrogens is 4. The zero-order chi connectivity index (χ0) is 23.5. The average molecular weight is 489 g/mol. The van der Waals surface area contributed by atoms with E-state index in [0.717, 1.165) is 43.7 Å². The van der Waals surface area contributed by atoms with E-state index in [-0.39, 0.29) is 23.9 Å². The van der Waals surface area contributed by atoms with Crippen LogP contribution in [0.4, 0.5) is 15.0 Å². The molecule has 180 valence electrons. The van der Waals surface area contributed by atoms with E-state index in [0.29, 0.717) is 41.8 Å². The molecule has 5 rings (SSSR count). The van der Waals surface area contributed by atoms with Gasteiger partial charge in [-0.2, -0.15) is 0 Å². The highest BCUT2D eigenvalue weighted by Gasteiger charge is 2.26. The molecule has 0 spiro atoms. The Hall–Kier alpha value is -2.98. The molecule has 9 nitrogen and oxygen atoms in total. The van der Waals surface area contributed by atoms with Crippen molar-refractivity contribution in [3.8, 4) is 11.4 Å². The predicted molar refractivity (Wildman–Crippen MR) is 125 cm³/mol. The SMILES string of the molecule is O=C(NC1CCCC(CNc2nc(-c3c[nH]c4ncc(Cl)cc34)ncc2F)C1)OC1CCOC1. The number of fused-ring (bicyclic) bond motifs is 1. The monoisotopic (exact) mass is 488 g/mol. The highest BCUT2D eigenvalue weighted by Crippen LogP contribution is 2.29. The highest BCUT2D eigenvalue weighted by atomic mass is 35.5. The molecule has 1 saturated heterocycles. The lowest BCUT2D eigenvalue weighted by Gasteiger charge is -2.30. The number of H-pyrrole nitrogens is 1. The Balaban J connectivity index is 1.20. The summed E-state index contributed by atoms with van der Waals surface area (Å²) in [6.45, 7) is 1.62. The number of carbonyl (C=O) groups excluding carboxylic acids is 1. The number of nitrogens with one attached hydrogen (secondary N) is 3. The zero-order valence-electron chi connectivity index (χ0n) is 18.5. The minimum absolute atomic E-state index is 0.0321. The van der Waals surface area contributed by atoms with Crippen LogP contribution in [0.25, 0.3) is 22.4 Å². The molecule has 2 aliphatic rings. The number of hydrogen-bond donors (Lipinski definition) is 3. The first-order valence-electron chi connectivity index (χ1n) is 11.5. The van der Waals surface area contributed by atoms with Gasteiger partial charge in [-0.3, -0.25) is 0 Å². The maximum absolute atomic E-state index is 14.5. The first kappa shape index (κ1) is 22.8. The molecule has 2 fully saturated rings. The summed E-state index contributed by atoms with van der Waals surface area (Å²) in [7, 11) is 0. The molecule has 3 aromatic rings. The largest absolute Gasteiger partial charge is 0.444 e. The fourth-order valence-electron chi connectivity index (χ4n) is 4.59. The molecule has 4 heterocycles. The number of nitrogens with zero attached hydrogens (tertiary/aromatic N) is 3. The Morgan fingerprint density at radius 3 is 3.06 bits per heavy atom. The molecule has 3 aromatic heterocycles. The van der Waals surface area contributed by atoms with Crippen LogP contribution in [0.1, 0.15) is 32.1 Å². The van der Waals surface area contributed by atoms with Crippen molar-refractivity contribution in [1.82, 2.24) is 25.3 Å². The van der Waals surface area contributed by atoms with Crippen LogP contribution in [0.15, 0.2) is 24.7 Å². The molecule has 0 radical (unpaired) electrons. The number of alkyl carbamates (subject to hydrolysis) is 1. The second-order valence-electron chi connectivity index (χ2n) is 8.79. The maximum Gasteiger partial charge on any atom is 0.407 e. The summed E-state index contributed by atoms with van der Waals surface area (Å²) in [6, 6.07) is 1.81. The Labute approximate surface area is 200 Å². The molecule has 3 N–H and O–H groups in total. The third-order valence-corrected chi connectivity index (χ3v) is 6.51. The van der Waals surface area contributed by atoms with Crippen LogP contribution in [0.3, 0.4) is 0 Å². The van der Waals surface area contributed by atoms with Gasteiger partial charge in [-0.15, -0.1) is 0 Å². The zero-order valence-corrected chi connectivity index (χ0v) is 19.3. The molecular weight excluding hydrogens is 463 g/mol. The molecule has 1 aliphatic heterocycles. The highest BCUT2D eigenvalue weighted by molar-refractivity contribution is 6.31. The van der Waals surface area contributed by atoms with Gasteiger partial charge in [-0.1, -0.05) is 18.0 Å². The number of pyridine rings is 1. The van der Waals surface area contributed by atoms with Gasteiger partial charge in [0.05, 0.1) is 24.4 Å². The summed E-state index contributed by atoms with van der Waals surface area (Å²) in [4.78, 5) is 28.0. The number of halogens is 2. The van der Waals surface area contributed by atoms with Crippen LogP contribution in [-0.4, -0.2) is 57.9 Å². The standard InChI is InChI=1S/C23H26ClFN6O3/c24-14-7-17-18(10-28-20(17)27-9-14)21-29-11-19(25)22(31-21)26-8-13-2-1-3-15(6-13)30-23(32)34-16-4-5-33-12-16/h7,9-11,13,15-16H,1-6,8,12H2,(H,27,28)(H,30,32)(H,26,29,31). The van der Waals surface area contributed by atoms with Gasteiger partial charge in [0, 0.05) is 42.4 Å². The fraction of sp³-hybridized carbons (Fsp3) is 0.478. The average Bonchev–Trinajstić information content (AvgIpc) is 3.48. The molecule has 1 aliphatic carbocycles. The molecule has 3 atom stereocenters. The minimum Gasteiger partial charge on any atom is -0.444 e. The van der Waals surface area contributed by atoms with Crippen LogP contribution in [-0.2, 0) is 9.47 Å². The lowest BCUT2D eigenvalue weighted by molar-refractivity contribution is 0.0786. The van der Waals surface area contributed by atoms with Gasteiger partial charge < -0.3 is 25.1 Å². The van der Waals surface area contributed by atoms with Crippen LogP contribution in [0, 0.1) is 11.7 Å². The second kappa shape index (κ2) is 10.1. The lowest BCUT2D eigenvalue weighted by Crippen LogP contribution is -2.41. The van der Waals surface area contributed by atoms with E-state index in [4.69, 9.17) is 21.1 Å². The number of carbonyl (C=O) groups is 1. The molecular formula is C23H26ClFN6O3. The van der Waals surface area contributed by atoms with Gasteiger partial charge in [0.25, 0.3) is 0 Å². The van der Waals surface area contributed by atoms with Gasteiger partial charge >= 0.3 is 6.09 Å². The number of rotatable bonds is 6. The summed E-state index contributed by atoms with van der Waals surface area (Å²) in [6.07, 6.45) is 8.28. The molecule has 34 heavy (non-hydrogen) atoms. The van der Waals surface area contributed by atoms with E-state index < -0.39 is 11.9 Å². The Bertz CT molecular complexity index is 1170. The summed E-state index contributed by atoms with van der Waals surface area (Å²) < 4.78 is 25.1. The van der Waals surface area contributed by atoms with E-state index in [9.17, 15) is 9.18 Å². The van der Waals surface area contributed by atoms with Crippen LogP contribution in [0.2, 0.25) is 5.02 Å². The summed E-state index contributed by atoms with van der Waals surface area (Å²) in [5, 5.41) is 7.37. The lowest BCUT2D eigenvalue weighted by atomic mass is 9.85. The van der Waals surface area contributed by atoms with Crippen molar-refractivity contribution < 1.29 is 18.7 Å². The number of amides is 1. The first-order valence-corrected chi connectivity index (χ1v) is 11.9. The van der Waals surface area contributed by atoms with Crippen LogP contribution < -0.4 is 10.6 Å². The molecule has 11 heteroatoms. The minimum atomic E-state index is -0.521. The van der Waals surface area contributed by atoms with Crippen LogP contribution in [0.5, 0.6) is 0 Å². The van der Waals surface area contributed by atoms with E-state index in [1.54, 1.807) is 18.5 Å². The van der Waals surface area contributed by atoms with Gasteiger partial charge in [-0.05, 0) is 31.2 Å². The number of anilines is 1. The van der Waals surface area contributed by atoms with Gasteiger partial charge in [0.2, 0.25) is 0 Å². The summed E-state index contributed by atoms with van der Waals surface area (Å²) >= 11 is 6.08. The third kappa shape index (κ3) is 5.23. The molecule has 0 aromatic carbocycles. The summed E-state index contributed by atoms with van der Waals surface area (Å²) in [5.74, 6) is 0.265. The van der Waals surface area contributed by atoms with Crippen molar-refractivity contribution >= 4 is 34.5 Å². The van der Waals surface area contributed by atoms with E-state index in [1.165, 1.54) is 0 Å². The van der Waals surface area contributed by atoms with Crippen molar-refractivity contribution in [3.63, 3.8) is 0 Å². The van der Waals surface area contributed by atoms with Crippen molar-refractivity contribution in [3.05, 3.63) is 35.5 Å². The molecule has 1 saturated carbocycles. The first-order chi connectivity index (χ1) is 16.5. The Morgan fingerprint density at radius 2 is 2.21 bits per heavy atom. The topological polar surface area (TPSA) is 114 Å².